The molecule has 0 aliphatic rings. The minimum absolute atomic E-state index is 0.213. The molecule has 2 rings (SSSR count). The van der Waals surface area contributed by atoms with Gasteiger partial charge in [-0.3, -0.25) is 0 Å². The summed E-state index contributed by atoms with van der Waals surface area (Å²) in [7, 11) is -3.22. The van der Waals surface area contributed by atoms with Crippen LogP contribution in [0.5, 0.6) is 0 Å². The van der Waals surface area contributed by atoms with Gasteiger partial charge in [0.05, 0.1) is 17.6 Å². The molecule has 0 aromatic heterocycles. The normalized spacial score (nSPS) is 11.2. The van der Waals surface area contributed by atoms with Crippen molar-refractivity contribution in [3.63, 3.8) is 0 Å². The molecule has 0 aliphatic carbocycles. The van der Waals surface area contributed by atoms with Gasteiger partial charge in [0, 0.05) is 0 Å². The highest BCUT2D eigenvalue weighted by molar-refractivity contribution is 7.85. The van der Waals surface area contributed by atoms with Crippen LogP contribution in [0.15, 0.2) is 47.4 Å². The van der Waals surface area contributed by atoms with Crippen molar-refractivity contribution in [3.8, 4) is 0 Å². The van der Waals surface area contributed by atoms with E-state index in [9.17, 15) is 17.8 Å². The molecule has 0 atom stereocenters. The van der Waals surface area contributed by atoms with Crippen LogP contribution in [0.3, 0.4) is 0 Å². The van der Waals surface area contributed by atoms with E-state index in [2.05, 4.69) is 4.74 Å². The van der Waals surface area contributed by atoms with Gasteiger partial charge < -0.3 is 9.29 Å². The molecule has 0 fully saturated rings. The second-order valence-corrected chi connectivity index (χ2v) is 6.28. The lowest BCUT2D eigenvalue weighted by Gasteiger charge is -2.14. The van der Waals surface area contributed by atoms with E-state index in [4.69, 9.17) is 0 Å². The number of benzene rings is 2. The standard InChI is InChI=1S/C16H16O5S/c1-11-3-8-15(22(18,19)20)14(9-11)10-12-4-6-13(7-5-12)16(17)21-2/h3-9H,10H2,1-2H3,(H,18,19,20)/p-1. The van der Waals surface area contributed by atoms with Gasteiger partial charge in [0.2, 0.25) is 0 Å². The van der Waals surface area contributed by atoms with Crippen LogP contribution in [-0.4, -0.2) is 26.0 Å². The smallest absolute Gasteiger partial charge is 0.337 e. The Morgan fingerprint density at radius 2 is 1.77 bits per heavy atom. The van der Waals surface area contributed by atoms with E-state index < -0.39 is 16.1 Å². The highest BCUT2D eigenvalue weighted by atomic mass is 32.2. The molecule has 0 N–H and O–H groups in total. The van der Waals surface area contributed by atoms with Gasteiger partial charge >= 0.3 is 5.97 Å². The lowest BCUT2D eigenvalue weighted by Crippen LogP contribution is -2.05. The number of methoxy groups -OCH3 is 1. The third kappa shape index (κ3) is 3.72. The molecule has 0 spiro atoms. The minimum Gasteiger partial charge on any atom is -0.744 e. The molecule has 2 aromatic carbocycles. The molecule has 0 amide bonds. The Balaban J connectivity index is 2.35. The van der Waals surface area contributed by atoms with E-state index in [0.717, 1.165) is 11.1 Å². The second kappa shape index (κ2) is 6.29. The van der Waals surface area contributed by atoms with Crippen LogP contribution < -0.4 is 0 Å². The van der Waals surface area contributed by atoms with E-state index in [1.165, 1.54) is 13.2 Å². The van der Waals surface area contributed by atoms with Gasteiger partial charge in [-0.05, 0) is 42.7 Å². The zero-order valence-corrected chi connectivity index (χ0v) is 13.0. The van der Waals surface area contributed by atoms with E-state index in [1.54, 1.807) is 36.4 Å². The Bertz CT molecular complexity index is 792. The molecular weight excluding hydrogens is 304 g/mol. The van der Waals surface area contributed by atoms with Crippen molar-refractivity contribution in [3.05, 3.63) is 64.7 Å². The lowest BCUT2D eigenvalue weighted by atomic mass is 10.0. The van der Waals surface area contributed by atoms with Crippen LogP contribution in [-0.2, 0) is 21.3 Å². The Labute approximate surface area is 129 Å². The van der Waals surface area contributed by atoms with Crippen molar-refractivity contribution in [1.29, 1.82) is 0 Å². The Hall–Kier alpha value is -2.18. The summed E-state index contributed by atoms with van der Waals surface area (Å²) < 4.78 is 38.6. The topological polar surface area (TPSA) is 83.5 Å². The molecule has 116 valence electrons. The van der Waals surface area contributed by atoms with Crippen molar-refractivity contribution < 1.29 is 22.5 Å². The zero-order chi connectivity index (χ0) is 16.3. The first-order valence-corrected chi connectivity index (χ1v) is 7.95. The maximum Gasteiger partial charge on any atom is 0.337 e. The predicted molar refractivity (Wildman–Crippen MR) is 79.7 cm³/mol. The average molecular weight is 319 g/mol. The molecule has 0 saturated heterocycles. The van der Waals surface area contributed by atoms with Crippen LogP contribution in [0.25, 0.3) is 0 Å². The van der Waals surface area contributed by atoms with Crippen molar-refractivity contribution in [2.75, 3.05) is 7.11 Å². The second-order valence-electron chi connectivity index (χ2n) is 4.93. The molecule has 0 bridgehead atoms. The number of aryl methyl sites for hydroxylation is 1. The molecule has 0 radical (unpaired) electrons. The summed E-state index contributed by atoms with van der Waals surface area (Å²) >= 11 is 0. The molecule has 0 unspecified atom stereocenters. The number of carbonyl (C=O) groups excluding carboxylic acids is 1. The summed E-state index contributed by atoms with van der Waals surface area (Å²) in [4.78, 5) is 11.2. The number of hydrogen-bond acceptors (Lipinski definition) is 5. The number of hydrogen-bond donors (Lipinski definition) is 0. The maximum atomic E-state index is 11.4. The van der Waals surface area contributed by atoms with E-state index in [1.807, 2.05) is 6.92 Å². The number of rotatable bonds is 4. The van der Waals surface area contributed by atoms with Crippen molar-refractivity contribution in [2.45, 2.75) is 18.2 Å². The van der Waals surface area contributed by atoms with Crippen LogP contribution in [0, 0.1) is 6.92 Å². The van der Waals surface area contributed by atoms with Gasteiger partial charge in [0.15, 0.2) is 0 Å². The van der Waals surface area contributed by atoms with Gasteiger partial charge in [0.1, 0.15) is 10.1 Å². The first-order valence-electron chi connectivity index (χ1n) is 6.54. The average Bonchev–Trinajstić information content (AvgIpc) is 2.46. The third-order valence-electron chi connectivity index (χ3n) is 3.25. The summed E-state index contributed by atoms with van der Waals surface area (Å²) in [6, 6.07) is 11.2. The molecular formula is C16H15O5S-. The number of ether oxygens (including phenoxy) is 1. The summed E-state index contributed by atoms with van der Waals surface area (Å²) in [5, 5.41) is 0. The molecule has 5 nitrogen and oxygen atoms in total. The van der Waals surface area contributed by atoms with E-state index >= 15 is 0 Å². The lowest BCUT2D eigenvalue weighted by molar-refractivity contribution is 0.0600. The summed E-state index contributed by atoms with van der Waals surface area (Å²) in [5.41, 5.74) is 2.52. The predicted octanol–water partition coefficient (Wildman–Crippen LogP) is 2.28. The Morgan fingerprint density at radius 1 is 1.14 bits per heavy atom. The van der Waals surface area contributed by atoms with Crippen LogP contribution in [0.1, 0.15) is 27.0 Å². The first kappa shape index (κ1) is 16.2. The quantitative estimate of drug-likeness (QED) is 0.637. The van der Waals surface area contributed by atoms with Gasteiger partial charge in [-0.15, -0.1) is 0 Å². The maximum absolute atomic E-state index is 11.4. The van der Waals surface area contributed by atoms with E-state index in [-0.39, 0.29) is 4.90 Å². The molecule has 0 saturated carbocycles. The summed E-state index contributed by atoms with van der Waals surface area (Å²) in [5.74, 6) is -0.440. The molecule has 22 heavy (non-hydrogen) atoms. The van der Waals surface area contributed by atoms with Crippen molar-refractivity contribution in [1.82, 2.24) is 0 Å². The summed E-state index contributed by atoms with van der Waals surface area (Å²) in [6.45, 7) is 1.82. The third-order valence-corrected chi connectivity index (χ3v) is 4.19. The van der Waals surface area contributed by atoms with Gasteiger partial charge in [-0.25, -0.2) is 13.2 Å². The first-order chi connectivity index (χ1) is 10.3. The molecule has 2 aromatic rings. The zero-order valence-electron chi connectivity index (χ0n) is 12.2. The van der Waals surface area contributed by atoms with E-state index in [0.29, 0.717) is 17.5 Å². The van der Waals surface area contributed by atoms with Crippen LogP contribution in [0.2, 0.25) is 0 Å². The largest absolute Gasteiger partial charge is 0.744 e. The van der Waals surface area contributed by atoms with Crippen LogP contribution in [0.4, 0.5) is 0 Å². The summed E-state index contributed by atoms with van der Waals surface area (Å²) in [6.07, 6.45) is 0.292. The molecule has 6 heteroatoms. The van der Waals surface area contributed by atoms with Gasteiger partial charge in [0.25, 0.3) is 0 Å². The number of carbonyl (C=O) groups is 1. The van der Waals surface area contributed by atoms with Gasteiger partial charge in [-0.1, -0.05) is 29.8 Å². The highest BCUT2D eigenvalue weighted by Crippen LogP contribution is 2.21. The van der Waals surface area contributed by atoms with Crippen molar-refractivity contribution in [2.24, 2.45) is 0 Å². The van der Waals surface area contributed by atoms with Gasteiger partial charge in [-0.2, -0.15) is 0 Å². The Morgan fingerprint density at radius 3 is 2.32 bits per heavy atom. The molecule has 0 aliphatic heterocycles. The monoisotopic (exact) mass is 319 g/mol. The fourth-order valence-electron chi connectivity index (χ4n) is 2.19. The Kier molecular flexibility index (Phi) is 4.63. The molecule has 0 heterocycles. The van der Waals surface area contributed by atoms with Crippen molar-refractivity contribution >= 4 is 16.1 Å². The number of esters is 1. The minimum atomic E-state index is -4.52. The van der Waals surface area contributed by atoms with Crippen LogP contribution >= 0.6 is 0 Å². The highest BCUT2D eigenvalue weighted by Gasteiger charge is 2.11. The fraction of sp³-hybridized carbons (Fsp3) is 0.188. The SMILES string of the molecule is COC(=O)c1ccc(Cc2cc(C)ccc2S(=O)(=O)[O-])cc1. The fourth-order valence-corrected chi connectivity index (χ4v) is 2.87.